The Kier molecular flexibility index (Phi) is 8.05. The van der Waals surface area contributed by atoms with Crippen LogP contribution in [0.2, 0.25) is 0 Å². The number of amides is 1. The van der Waals surface area contributed by atoms with Crippen molar-refractivity contribution in [1.82, 2.24) is 19.4 Å². The zero-order chi connectivity index (χ0) is 29.9. The van der Waals surface area contributed by atoms with Crippen LogP contribution < -0.4 is 4.74 Å². The van der Waals surface area contributed by atoms with E-state index in [1.165, 1.54) is 12.1 Å². The average Bonchev–Trinajstić information content (AvgIpc) is 3.34. The topological polar surface area (TPSA) is 121 Å². The molecule has 4 aromatic rings. The second-order valence-corrected chi connectivity index (χ2v) is 10.7. The molecule has 43 heavy (non-hydrogen) atoms. The van der Waals surface area contributed by atoms with Gasteiger partial charge in [-0.25, -0.2) is 14.2 Å². The lowest BCUT2D eigenvalue weighted by molar-refractivity contribution is -0.0592. The van der Waals surface area contributed by atoms with Crippen LogP contribution in [-0.4, -0.2) is 75.2 Å². The summed E-state index contributed by atoms with van der Waals surface area (Å²) < 4.78 is 27.5. The Bertz CT molecular complexity index is 1720. The van der Waals surface area contributed by atoms with E-state index < -0.39 is 11.8 Å². The third kappa shape index (κ3) is 6.21. The van der Waals surface area contributed by atoms with E-state index in [0.29, 0.717) is 44.8 Å². The van der Waals surface area contributed by atoms with Gasteiger partial charge in [-0.05, 0) is 60.5 Å². The summed E-state index contributed by atoms with van der Waals surface area (Å²) in [7, 11) is 0. The third-order valence-corrected chi connectivity index (χ3v) is 7.91. The van der Waals surface area contributed by atoms with E-state index in [2.05, 4.69) is 9.47 Å². The smallest absolute Gasteiger partial charge is 0.335 e. The van der Waals surface area contributed by atoms with Gasteiger partial charge in [-0.15, -0.1) is 0 Å². The molecular weight excluding hydrogens is 553 g/mol. The van der Waals surface area contributed by atoms with Crippen molar-refractivity contribution in [1.29, 1.82) is 5.26 Å². The molecule has 0 unspecified atom stereocenters. The molecule has 2 aliphatic heterocycles. The van der Waals surface area contributed by atoms with Crippen molar-refractivity contribution in [3.05, 3.63) is 94.6 Å². The number of benzene rings is 3. The number of nitriles is 1. The van der Waals surface area contributed by atoms with Crippen molar-refractivity contribution in [2.45, 2.75) is 32.2 Å². The van der Waals surface area contributed by atoms with E-state index in [4.69, 9.17) is 19.7 Å². The van der Waals surface area contributed by atoms with Crippen molar-refractivity contribution in [2.75, 3.05) is 32.8 Å². The molecule has 3 heterocycles. The first-order chi connectivity index (χ1) is 20.9. The van der Waals surface area contributed by atoms with Gasteiger partial charge in [-0.1, -0.05) is 12.1 Å². The molecule has 11 heteroatoms. The SMILES string of the molecule is N#Cc1ccc(OCc2cccc(C(=O)N3CCN(Cc4nc5ccc(C(=O)O)cc5n4C[C@@H]4CCO4)CC3)c2)c(F)c1. The van der Waals surface area contributed by atoms with Crippen LogP contribution in [0.15, 0.2) is 60.7 Å². The molecule has 10 nitrogen and oxygen atoms in total. The van der Waals surface area contributed by atoms with Gasteiger partial charge in [-0.3, -0.25) is 9.69 Å². The van der Waals surface area contributed by atoms with Crippen molar-refractivity contribution >= 4 is 22.9 Å². The van der Waals surface area contributed by atoms with Gasteiger partial charge in [0.15, 0.2) is 11.6 Å². The van der Waals surface area contributed by atoms with Gasteiger partial charge in [0.05, 0.1) is 47.4 Å². The molecule has 220 valence electrons. The number of halogens is 1. The molecule has 0 radical (unpaired) electrons. The van der Waals surface area contributed by atoms with Gasteiger partial charge >= 0.3 is 5.97 Å². The van der Waals surface area contributed by atoms with E-state index in [9.17, 15) is 19.1 Å². The van der Waals surface area contributed by atoms with Crippen LogP contribution >= 0.6 is 0 Å². The number of carbonyl (C=O) groups is 2. The van der Waals surface area contributed by atoms with E-state index in [1.54, 1.807) is 36.4 Å². The number of fused-ring (bicyclic) bond motifs is 1. The fraction of sp³-hybridized carbons (Fsp3) is 0.312. The fourth-order valence-electron chi connectivity index (χ4n) is 5.40. The number of carbonyl (C=O) groups excluding carboxylic acids is 1. The first-order valence-corrected chi connectivity index (χ1v) is 14.1. The Labute approximate surface area is 247 Å². The lowest BCUT2D eigenvalue weighted by Gasteiger charge is -2.35. The summed E-state index contributed by atoms with van der Waals surface area (Å²) >= 11 is 0. The van der Waals surface area contributed by atoms with E-state index in [-0.39, 0.29) is 35.5 Å². The number of rotatable bonds is 9. The summed E-state index contributed by atoms with van der Waals surface area (Å²) in [4.78, 5) is 33.8. The molecule has 3 aromatic carbocycles. The number of nitrogens with zero attached hydrogens (tertiary/aromatic N) is 5. The summed E-state index contributed by atoms with van der Waals surface area (Å²) in [5.74, 6) is -0.778. The van der Waals surface area contributed by atoms with Crippen LogP contribution in [-0.2, 0) is 24.4 Å². The zero-order valence-corrected chi connectivity index (χ0v) is 23.4. The maximum absolute atomic E-state index is 14.2. The summed E-state index contributed by atoms with van der Waals surface area (Å²) in [6.45, 7) is 4.42. The lowest BCUT2D eigenvalue weighted by Crippen LogP contribution is -2.48. The molecule has 0 bridgehead atoms. The Morgan fingerprint density at radius 1 is 1.07 bits per heavy atom. The third-order valence-electron chi connectivity index (χ3n) is 7.91. The molecule has 0 aliphatic carbocycles. The van der Waals surface area contributed by atoms with Crippen LogP contribution in [0.1, 0.15) is 44.1 Å². The average molecular weight is 584 g/mol. The van der Waals surface area contributed by atoms with Crippen LogP contribution in [0.4, 0.5) is 4.39 Å². The molecule has 2 fully saturated rings. The zero-order valence-electron chi connectivity index (χ0n) is 23.4. The predicted molar refractivity (Wildman–Crippen MR) is 154 cm³/mol. The molecule has 2 saturated heterocycles. The minimum atomic E-state index is -0.977. The number of carboxylic acids is 1. The van der Waals surface area contributed by atoms with Gasteiger partial charge < -0.3 is 24.0 Å². The van der Waals surface area contributed by atoms with Gasteiger partial charge in [0.25, 0.3) is 5.91 Å². The summed E-state index contributed by atoms with van der Waals surface area (Å²) in [5, 5.41) is 18.4. The molecule has 2 aliphatic rings. The van der Waals surface area contributed by atoms with Gasteiger partial charge in [0, 0.05) is 38.3 Å². The van der Waals surface area contributed by atoms with E-state index >= 15 is 0 Å². The second-order valence-electron chi connectivity index (χ2n) is 10.7. The molecule has 1 aromatic heterocycles. The van der Waals surface area contributed by atoms with Crippen molar-refractivity contribution < 1.29 is 28.6 Å². The van der Waals surface area contributed by atoms with Crippen LogP contribution in [0.5, 0.6) is 5.75 Å². The van der Waals surface area contributed by atoms with E-state index in [0.717, 1.165) is 41.5 Å². The Hall–Kier alpha value is -4.79. The first-order valence-electron chi connectivity index (χ1n) is 14.1. The second kappa shape index (κ2) is 12.2. The number of imidazole rings is 1. The monoisotopic (exact) mass is 583 g/mol. The molecular formula is C32H30FN5O5. The molecule has 1 atom stereocenters. The number of carboxylic acid groups (broad SMARTS) is 1. The highest BCUT2D eigenvalue weighted by atomic mass is 19.1. The quantitative estimate of drug-likeness (QED) is 0.313. The number of hydrogen-bond acceptors (Lipinski definition) is 7. The van der Waals surface area contributed by atoms with Crippen LogP contribution in [0.3, 0.4) is 0 Å². The minimum absolute atomic E-state index is 0.0444. The number of aromatic nitrogens is 2. The summed E-state index contributed by atoms with van der Waals surface area (Å²) in [6.07, 6.45) is 1.04. The molecule has 6 rings (SSSR count). The lowest BCUT2D eigenvalue weighted by atomic mass is 10.1. The predicted octanol–water partition coefficient (Wildman–Crippen LogP) is 4.07. The van der Waals surface area contributed by atoms with Crippen molar-refractivity contribution in [2.24, 2.45) is 0 Å². The van der Waals surface area contributed by atoms with Gasteiger partial charge in [0.2, 0.25) is 0 Å². The minimum Gasteiger partial charge on any atom is -0.486 e. The standard InChI is InChI=1S/C32H30FN5O5/c33-26-15-21(17-34)4-7-29(26)43-20-22-2-1-3-23(14-22)31(39)37-11-9-36(10-12-37)19-30-35-27-6-5-24(32(40)41)16-28(27)38(30)18-25-8-13-42-25/h1-7,14-16,25H,8-13,18-20H2,(H,40,41)/t25-/m0/s1. The summed E-state index contributed by atoms with van der Waals surface area (Å²) in [5.41, 5.74) is 3.23. The van der Waals surface area contributed by atoms with Crippen molar-refractivity contribution in [3.8, 4) is 11.8 Å². The summed E-state index contributed by atoms with van der Waals surface area (Å²) in [6, 6.07) is 18.0. The van der Waals surface area contributed by atoms with Gasteiger partial charge in [-0.2, -0.15) is 5.26 Å². The highest BCUT2D eigenvalue weighted by Gasteiger charge is 2.26. The van der Waals surface area contributed by atoms with Gasteiger partial charge in [0.1, 0.15) is 12.4 Å². The molecule has 1 amide bonds. The first kappa shape index (κ1) is 28.3. The number of piperazine rings is 1. The maximum atomic E-state index is 14.2. The largest absolute Gasteiger partial charge is 0.486 e. The van der Waals surface area contributed by atoms with Crippen LogP contribution in [0.25, 0.3) is 11.0 Å². The Morgan fingerprint density at radius 3 is 2.58 bits per heavy atom. The van der Waals surface area contributed by atoms with E-state index in [1.807, 2.05) is 17.0 Å². The molecule has 0 spiro atoms. The highest BCUT2D eigenvalue weighted by Crippen LogP contribution is 2.24. The number of hydrogen-bond donors (Lipinski definition) is 1. The fourth-order valence-corrected chi connectivity index (χ4v) is 5.40. The Morgan fingerprint density at radius 2 is 1.88 bits per heavy atom. The highest BCUT2D eigenvalue weighted by molar-refractivity contribution is 5.94. The maximum Gasteiger partial charge on any atom is 0.335 e. The van der Waals surface area contributed by atoms with Crippen molar-refractivity contribution in [3.63, 3.8) is 0 Å². The molecule has 0 saturated carbocycles. The van der Waals surface area contributed by atoms with Crippen LogP contribution in [0, 0.1) is 17.1 Å². The number of aromatic carboxylic acids is 1. The number of ether oxygens (including phenoxy) is 2. The Balaban J connectivity index is 1.09. The molecule has 1 N–H and O–H groups in total. The normalized spacial score (nSPS) is 16.9.